The molecule has 4 rings (SSSR count). The third-order valence-electron chi connectivity index (χ3n) is 4.60. The van der Waals surface area contributed by atoms with Crippen LogP contribution in [-0.4, -0.2) is 20.7 Å². The number of ether oxygens (including phenoxy) is 1. The van der Waals surface area contributed by atoms with Crippen LogP contribution in [0.15, 0.2) is 71.3 Å². The fourth-order valence-electron chi connectivity index (χ4n) is 3.10. The number of furan rings is 1. The molecular formula is C24H23FN4O3. The van der Waals surface area contributed by atoms with Crippen LogP contribution in [0, 0.1) is 11.7 Å². The minimum absolute atomic E-state index is 0.0266. The Hall–Kier alpha value is -3.94. The summed E-state index contributed by atoms with van der Waals surface area (Å²) in [5.41, 5.74) is 2.22. The van der Waals surface area contributed by atoms with Gasteiger partial charge in [0.25, 0.3) is 0 Å². The van der Waals surface area contributed by atoms with Gasteiger partial charge in [-0.1, -0.05) is 26.0 Å². The molecule has 2 aromatic heterocycles. The van der Waals surface area contributed by atoms with E-state index in [4.69, 9.17) is 9.15 Å². The third-order valence-corrected chi connectivity index (χ3v) is 4.60. The van der Waals surface area contributed by atoms with Crippen molar-refractivity contribution in [3.63, 3.8) is 0 Å². The summed E-state index contributed by atoms with van der Waals surface area (Å²) in [4.78, 5) is 16.5. The van der Waals surface area contributed by atoms with Gasteiger partial charge in [-0.3, -0.25) is 4.79 Å². The molecule has 4 aromatic rings. The monoisotopic (exact) mass is 434 g/mol. The number of carbonyl (C=O) groups is 1. The number of nitrogens with zero attached hydrogens (tertiary/aromatic N) is 3. The number of nitrogens with one attached hydrogen (secondary N) is 1. The highest BCUT2D eigenvalue weighted by Gasteiger charge is 2.17. The molecule has 0 aliphatic carbocycles. The summed E-state index contributed by atoms with van der Waals surface area (Å²) in [6.45, 7) is 4.20. The Morgan fingerprint density at radius 1 is 1.12 bits per heavy atom. The molecule has 8 heteroatoms. The Morgan fingerprint density at radius 2 is 1.88 bits per heavy atom. The van der Waals surface area contributed by atoms with Crippen LogP contribution in [0.25, 0.3) is 17.3 Å². The Balaban J connectivity index is 1.55. The van der Waals surface area contributed by atoms with Crippen LogP contribution in [0.2, 0.25) is 0 Å². The summed E-state index contributed by atoms with van der Waals surface area (Å²) in [7, 11) is 0. The Morgan fingerprint density at radius 3 is 2.53 bits per heavy atom. The number of benzene rings is 2. The molecule has 0 aliphatic rings. The number of amides is 1. The highest BCUT2D eigenvalue weighted by atomic mass is 19.1. The smallest absolute Gasteiger partial charge is 0.336 e. The lowest BCUT2D eigenvalue weighted by Gasteiger charge is -2.09. The van der Waals surface area contributed by atoms with Gasteiger partial charge in [-0.25, -0.2) is 9.07 Å². The van der Waals surface area contributed by atoms with Crippen LogP contribution < -0.4 is 10.1 Å². The van der Waals surface area contributed by atoms with Crippen LogP contribution in [0.3, 0.4) is 0 Å². The molecule has 0 spiro atoms. The molecule has 0 radical (unpaired) electrons. The fraction of sp³-hybridized carbons (Fsp3) is 0.208. The zero-order valence-corrected chi connectivity index (χ0v) is 17.8. The predicted molar refractivity (Wildman–Crippen MR) is 118 cm³/mol. The molecule has 164 valence electrons. The molecule has 2 aromatic carbocycles. The van der Waals surface area contributed by atoms with Gasteiger partial charge in [0.05, 0.1) is 12.0 Å². The molecule has 0 saturated heterocycles. The first kappa shape index (κ1) is 21.3. The zero-order chi connectivity index (χ0) is 22.5. The lowest BCUT2D eigenvalue weighted by atomic mass is 10.1. The van der Waals surface area contributed by atoms with Crippen LogP contribution in [0.4, 0.5) is 10.1 Å². The van der Waals surface area contributed by atoms with Crippen molar-refractivity contribution in [2.24, 2.45) is 5.92 Å². The van der Waals surface area contributed by atoms with E-state index < -0.39 is 0 Å². The number of hydrogen-bond donors (Lipinski definition) is 1. The van der Waals surface area contributed by atoms with Gasteiger partial charge in [0.15, 0.2) is 5.76 Å². The molecular weight excluding hydrogens is 411 g/mol. The van der Waals surface area contributed by atoms with Crippen molar-refractivity contribution in [2.75, 3.05) is 5.32 Å². The average molecular weight is 434 g/mol. The van der Waals surface area contributed by atoms with Crippen LogP contribution in [0.5, 0.6) is 6.01 Å². The maximum Gasteiger partial charge on any atom is 0.336 e. The van der Waals surface area contributed by atoms with E-state index in [1.165, 1.54) is 12.1 Å². The summed E-state index contributed by atoms with van der Waals surface area (Å²) in [6.07, 6.45) is 2.02. The summed E-state index contributed by atoms with van der Waals surface area (Å²) in [5.74, 6) is 0.958. The van der Waals surface area contributed by atoms with Gasteiger partial charge in [0.2, 0.25) is 11.7 Å². The highest BCUT2D eigenvalue weighted by Crippen LogP contribution is 2.25. The minimum atomic E-state index is -0.305. The highest BCUT2D eigenvalue weighted by molar-refractivity contribution is 5.90. The first-order valence-corrected chi connectivity index (χ1v) is 10.3. The molecule has 1 amide bonds. The van der Waals surface area contributed by atoms with E-state index in [-0.39, 0.29) is 30.3 Å². The molecule has 1 N–H and O–H groups in total. The van der Waals surface area contributed by atoms with Crippen LogP contribution in [-0.2, 0) is 11.4 Å². The molecule has 0 bridgehead atoms. The maximum atomic E-state index is 13.1. The molecule has 0 saturated carbocycles. The second-order valence-corrected chi connectivity index (χ2v) is 7.72. The molecule has 0 aliphatic heterocycles. The standard InChI is InChI=1S/C24H23FN4O3/c1-16(2)14-22(30)26-19-9-11-20(12-10-19)29-23(21-4-3-13-31-21)27-24(28-29)32-15-17-5-7-18(25)8-6-17/h3-13,16H,14-15H2,1-2H3,(H,26,30). The van der Waals surface area contributed by atoms with Crippen LogP contribution in [0.1, 0.15) is 25.8 Å². The first-order chi connectivity index (χ1) is 15.5. The second kappa shape index (κ2) is 9.47. The molecule has 0 unspecified atom stereocenters. The van der Waals surface area contributed by atoms with Crippen molar-refractivity contribution in [3.05, 3.63) is 78.3 Å². The van der Waals surface area contributed by atoms with Crippen molar-refractivity contribution in [1.82, 2.24) is 14.8 Å². The van der Waals surface area contributed by atoms with Crippen molar-refractivity contribution >= 4 is 11.6 Å². The minimum Gasteiger partial charge on any atom is -0.461 e. The quantitative estimate of drug-likeness (QED) is 0.411. The van der Waals surface area contributed by atoms with Crippen LogP contribution >= 0.6 is 0 Å². The third kappa shape index (κ3) is 5.21. The van der Waals surface area contributed by atoms with Gasteiger partial charge in [-0.05, 0) is 60.0 Å². The number of anilines is 1. The number of hydrogen-bond acceptors (Lipinski definition) is 5. The largest absolute Gasteiger partial charge is 0.461 e. The predicted octanol–water partition coefficient (Wildman–Crippen LogP) is 5.23. The molecule has 0 atom stereocenters. The van der Waals surface area contributed by atoms with Crippen molar-refractivity contribution in [1.29, 1.82) is 0 Å². The SMILES string of the molecule is CC(C)CC(=O)Nc1ccc(-n2nc(OCc3ccc(F)cc3)nc2-c2ccco2)cc1. The Bertz CT molecular complexity index is 1170. The Kier molecular flexibility index (Phi) is 6.30. The van der Waals surface area contributed by atoms with Gasteiger partial charge < -0.3 is 14.5 Å². The molecule has 32 heavy (non-hydrogen) atoms. The van der Waals surface area contributed by atoms with E-state index in [9.17, 15) is 9.18 Å². The number of aromatic nitrogens is 3. The van der Waals surface area contributed by atoms with Gasteiger partial charge in [-0.15, -0.1) is 5.10 Å². The van der Waals surface area contributed by atoms with Gasteiger partial charge in [0, 0.05) is 12.1 Å². The summed E-state index contributed by atoms with van der Waals surface area (Å²) >= 11 is 0. The van der Waals surface area contributed by atoms with E-state index in [0.29, 0.717) is 23.7 Å². The first-order valence-electron chi connectivity index (χ1n) is 10.3. The maximum absolute atomic E-state index is 13.1. The lowest BCUT2D eigenvalue weighted by molar-refractivity contribution is -0.116. The number of carbonyl (C=O) groups excluding carboxylic acids is 1. The van der Waals surface area contributed by atoms with E-state index >= 15 is 0 Å². The molecule has 0 fully saturated rings. The van der Waals surface area contributed by atoms with E-state index in [1.54, 1.807) is 47.3 Å². The lowest BCUT2D eigenvalue weighted by Crippen LogP contribution is -2.13. The van der Waals surface area contributed by atoms with E-state index in [2.05, 4.69) is 15.4 Å². The summed E-state index contributed by atoms with van der Waals surface area (Å²) < 4.78 is 25.9. The molecule has 2 heterocycles. The normalized spacial score (nSPS) is 11.0. The summed E-state index contributed by atoms with van der Waals surface area (Å²) in [6, 6.07) is 17.0. The van der Waals surface area contributed by atoms with Crippen molar-refractivity contribution in [3.8, 4) is 23.3 Å². The summed E-state index contributed by atoms with van der Waals surface area (Å²) in [5, 5.41) is 7.35. The van der Waals surface area contributed by atoms with Crippen molar-refractivity contribution in [2.45, 2.75) is 26.9 Å². The van der Waals surface area contributed by atoms with E-state index in [1.807, 2.05) is 26.0 Å². The fourth-order valence-corrected chi connectivity index (χ4v) is 3.10. The average Bonchev–Trinajstić information content (AvgIpc) is 3.43. The van der Waals surface area contributed by atoms with Crippen molar-refractivity contribution < 1.29 is 18.3 Å². The topological polar surface area (TPSA) is 82.2 Å². The molecule has 7 nitrogen and oxygen atoms in total. The second-order valence-electron chi connectivity index (χ2n) is 7.72. The Labute approximate surface area is 184 Å². The van der Waals surface area contributed by atoms with Gasteiger partial charge >= 0.3 is 6.01 Å². The number of halogens is 1. The van der Waals surface area contributed by atoms with Gasteiger partial charge in [-0.2, -0.15) is 4.98 Å². The van der Waals surface area contributed by atoms with E-state index in [0.717, 1.165) is 11.3 Å². The van der Waals surface area contributed by atoms with Gasteiger partial charge in [0.1, 0.15) is 12.4 Å². The number of rotatable bonds is 8. The zero-order valence-electron chi connectivity index (χ0n) is 17.8.